The van der Waals surface area contributed by atoms with E-state index in [2.05, 4.69) is 15.5 Å². The van der Waals surface area contributed by atoms with E-state index in [1.807, 2.05) is 0 Å². The Morgan fingerprint density at radius 1 is 1.34 bits per heavy atom. The summed E-state index contributed by atoms with van der Waals surface area (Å²) in [6.45, 7) is 3.53. The first-order valence-corrected chi connectivity index (χ1v) is 12.0. The number of hydrogen-bond acceptors (Lipinski definition) is 10. The zero-order valence-electron chi connectivity index (χ0n) is 17.6. The molecule has 2 amide bonds. The predicted octanol–water partition coefficient (Wildman–Crippen LogP) is 0.381. The van der Waals surface area contributed by atoms with E-state index in [0.29, 0.717) is 25.7 Å². The number of nitrogens with two attached hydrogens (primary N) is 1. The van der Waals surface area contributed by atoms with Crippen LogP contribution in [0.25, 0.3) is 0 Å². The predicted molar refractivity (Wildman–Crippen MR) is 118 cm³/mol. The number of aliphatic carboxylic acids is 1. The van der Waals surface area contributed by atoms with Crippen molar-refractivity contribution in [2.75, 3.05) is 5.73 Å². The van der Waals surface area contributed by atoms with Gasteiger partial charge in [0.1, 0.15) is 29.3 Å². The standard InChI is InChI=1S/C19H25N5O6S2/c1-19(2)13(17(28)29)24-15(27)12(16(24)32-19)22-14(26)11(10-7-31-18(20)21-10)23-30-9-5-3-8(25)4-6-9/h7-9,12-13,16,25H,3-6H2,1-2H3,(H2,20,21)(H,22,26)(H,28,29)/b23-11-/t8-,9+,12-,13-,16+/m0/s1. The first-order valence-electron chi connectivity index (χ1n) is 10.3. The van der Waals surface area contributed by atoms with Gasteiger partial charge in [-0.2, -0.15) is 0 Å². The van der Waals surface area contributed by atoms with Crippen LogP contribution in [-0.2, 0) is 19.2 Å². The number of nitrogens with zero attached hydrogens (tertiary/aromatic N) is 3. The molecule has 3 fully saturated rings. The molecule has 0 aromatic carbocycles. The molecule has 0 radical (unpaired) electrons. The summed E-state index contributed by atoms with van der Waals surface area (Å²) in [5.74, 6) is -2.18. The Kier molecular flexibility index (Phi) is 6.07. The molecule has 4 rings (SSSR count). The molecule has 0 spiro atoms. The van der Waals surface area contributed by atoms with Crippen molar-refractivity contribution < 1.29 is 29.4 Å². The van der Waals surface area contributed by atoms with Crippen LogP contribution in [-0.4, -0.2) is 78.0 Å². The normalized spacial score (nSPS) is 31.6. The van der Waals surface area contributed by atoms with E-state index in [9.17, 15) is 24.6 Å². The second-order valence-corrected chi connectivity index (χ2v) is 11.3. The number of carbonyl (C=O) groups is 3. The van der Waals surface area contributed by atoms with E-state index in [1.54, 1.807) is 19.2 Å². The van der Waals surface area contributed by atoms with Gasteiger partial charge in [0.05, 0.1) is 6.10 Å². The third kappa shape index (κ3) is 4.16. The molecule has 5 N–H and O–H groups in total. The van der Waals surface area contributed by atoms with Gasteiger partial charge in [-0.25, -0.2) is 9.78 Å². The number of aliphatic hydroxyl groups excluding tert-OH is 1. The van der Waals surface area contributed by atoms with Crippen LogP contribution < -0.4 is 11.1 Å². The number of carbonyl (C=O) groups excluding carboxylic acids is 2. The van der Waals surface area contributed by atoms with Crippen molar-refractivity contribution in [3.63, 3.8) is 0 Å². The maximum Gasteiger partial charge on any atom is 0.327 e. The van der Waals surface area contributed by atoms with Gasteiger partial charge in [0.2, 0.25) is 5.91 Å². The summed E-state index contributed by atoms with van der Waals surface area (Å²) in [5.41, 5.74) is 5.83. The third-order valence-corrected chi connectivity index (χ3v) is 8.12. The lowest BCUT2D eigenvalue weighted by molar-refractivity contribution is -0.160. The van der Waals surface area contributed by atoms with E-state index in [4.69, 9.17) is 10.6 Å². The van der Waals surface area contributed by atoms with Gasteiger partial charge < -0.3 is 31.0 Å². The van der Waals surface area contributed by atoms with Crippen LogP contribution in [0.3, 0.4) is 0 Å². The highest BCUT2D eigenvalue weighted by atomic mass is 32.2. The zero-order chi connectivity index (χ0) is 23.2. The van der Waals surface area contributed by atoms with E-state index >= 15 is 0 Å². The van der Waals surface area contributed by atoms with Gasteiger partial charge >= 0.3 is 5.97 Å². The van der Waals surface area contributed by atoms with Crippen molar-refractivity contribution in [2.24, 2.45) is 5.16 Å². The van der Waals surface area contributed by atoms with Gasteiger partial charge in [-0.05, 0) is 39.5 Å². The number of rotatable bonds is 6. The molecule has 0 unspecified atom stereocenters. The molecule has 1 saturated carbocycles. The molecule has 2 aliphatic heterocycles. The number of amides is 2. The lowest BCUT2D eigenvalue weighted by atomic mass is 9.95. The van der Waals surface area contributed by atoms with Crippen molar-refractivity contribution in [1.29, 1.82) is 0 Å². The third-order valence-electron chi connectivity index (χ3n) is 5.88. The van der Waals surface area contributed by atoms with Crippen molar-refractivity contribution in [3.8, 4) is 0 Å². The number of nitrogens with one attached hydrogen (secondary N) is 1. The number of β-lactam (4-membered cyclic amide) rings is 1. The highest BCUT2D eigenvalue weighted by Crippen LogP contribution is 2.50. The van der Waals surface area contributed by atoms with Gasteiger partial charge in [-0.1, -0.05) is 5.16 Å². The monoisotopic (exact) mass is 483 g/mol. The Hall–Kier alpha value is -2.38. The first-order chi connectivity index (χ1) is 15.1. The Labute approximate surface area is 192 Å². The number of hydrogen-bond donors (Lipinski definition) is 4. The Morgan fingerprint density at radius 2 is 2.03 bits per heavy atom. The fraction of sp³-hybridized carbons (Fsp3) is 0.632. The summed E-state index contributed by atoms with van der Waals surface area (Å²) in [4.78, 5) is 48.4. The van der Waals surface area contributed by atoms with Gasteiger partial charge in [0.25, 0.3) is 5.91 Å². The van der Waals surface area contributed by atoms with Gasteiger partial charge in [0.15, 0.2) is 10.8 Å². The molecule has 2 saturated heterocycles. The second-order valence-electron chi connectivity index (χ2n) is 8.60. The van der Waals surface area contributed by atoms with Crippen LogP contribution in [0.2, 0.25) is 0 Å². The minimum Gasteiger partial charge on any atom is -0.480 e. The number of oxime groups is 1. The van der Waals surface area contributed by atoms with Crippen LogP contribution in [0, 0.1) is 0 Å². The number of anilines is 1. The van der Waals surface area contributed by atoms with Crippen LogP contribution in [0.4, 0.5) is 5.13 Å². The molecule has 1 aliphatic carbocycles. The Balaban J connectivity index is 1.49. The lowest BCUT2D eigenvalue weighted by Crippen LogP contribution is -2.71. The first kappa shape index (κ1) is 22.8. The summed E-state index contributed by atoms with van der Waals surface area (Å²) < 4.78 is -0.694. The van der Waals surface area contributed by atoms with Crippen LogP contribution in [0.5, 0.6) is 0 Å². The maximum absolute atomic E-state index is 13.1. The fourth-order valence-electron chi connectivity index (χ4n) is 4.23. The van der Waals surface area contributed by atoms with Crippen molar-refractivity contribution in [2.45, 2.75) is 73.9 Å². The van der Waals surface area contributed by atoms with E-state index in [-0.39, 0.29) is 28.7 Å². The van der Waals surface area contributed by atoms with Crippen LogP contribution in [0.1, 0.15) is 45.2 Å². The summed E-state index contributed by atoms with van der Waals surface area (Å²) in [5, 5.41) is 27.2. The molecule has 0 bridgehead atoms. The Bertz CT molecular complexity index is 958. The van der Waals surface area contributed by atoms with Crippen LogP contribution in [0.15, 0.2) is 10.5 Å². The second kappa shape index (κ2) is 8.52. The number of aliphatic hydroxyl groups is 1. The SMILES string of the molecule is CC1(C)S[C@@H]2[C@@H](NC(=O)/C(=N\O[C@H]3CC[C@@H](O)CC3)c3csc(N)n3)C(=O)N2[C@H]1C(=O)O. The minimum absolute atomic E-state index is 0.104. The largest absolute Gasteiger partial charge is 0.480 e. The Morgan fingerprint density at radius 3 is 2.62 bits per heavy atom. The van der Waals surface area contributed by atoms with E-state index in [1.165, 1.54) is 16.7 Å². The summed E-state index contributed by atoms with van der Waals surface area (Å²) in [6, 6.07) is -1.84. The van der Waals surface area contributed by atoms with Crippen molar-refractivity contribution in [1.82, 2.24) is 15.2 Å². The number of aromatic nitrogens is 1. The average molecular weight is 484 g/mol. The molecule has 3 atom stereocenters. The van der Waals surface area contributed by atoms with E-state index < -0.39 is 40.0 Å². The smallest absolute Gasteiger partial charge is 0.327 e. The lowest BCUT2D eigenvalue weighted by Gasteiger charge is -2.43. The van der Waals surface area contributed by atoms with E-state index in [0.717, 1.165) is 11.3 Å². The highest BCUT2D eigenvalue weighted by molar-refractivity contribution is 8.01. The van der Waals surface area contributed by atoms with Crippen molar-refractivity contribution in [3.05, 3.63) is 11.1 Å². The minimum atomic E-state index is -1.07. The molecule has 1 aromatic heterocycles. The number of nitrogen functional groups attached to an aromatic ring is 1. The van der Waals surface area contributed by atoms with Gasteiger partial charge in [-0.3, -0.25) is 9.59 Å². The highest BCUT2D eigenvalue weighted by Gasteiger charge is 2.64. The summed E-state index contributed by atoms with van der Waals surface area (Å²) in [7, 11) is 0. The molecule has 1 aromatic rings. The molecule has 3 heterocycles. The molecule has 174 valence electrons. The maximum atomic E-state index is 13.1. The zero-order valence-corrected chi connectivity index (χ0v) is 19.2. The molecule has 3 aliphatic rings. The number of carboxylic acid groups (broad SMARTS) is 1. The van der Waals surface area contributed by atoms with Gasteiger partial charge in [0, 0.05) is 10.1 Å². The number of thioether (sulfide) groups is 1. The number of thiazole rings is 1. The molecular formula is C19H25N5O6S2. The summed E-state index contributed by atoms with van der Waals surface area (Å²) >= 11 is 2.48. The molecular weight excluding hydrogens is 458 g/mol. The summed E-state index contributed by atoms with van der Waals surface area (Å²) in [6.07, 6.45) is 1.82. The fourth-order valence-corrected chi connectivity index (χ4v) is 6.41. The molecule has 13 heteroatoms. The topological polar surface area (TPSA) is 167 Å². The molecule has 32 heavy (non-hydrogen) atoms. The van der Waals surface area contributed by atoms with Crippen molar-refractivity contribution >= 4 is 51.7 Å². The van der Waals surface area contributed by atoms with Gasteiger partial charge in [-0.15, -0.1) is 23.1 Å². The average Bonchev–Trinajstić information content (AvgIpc) is 3.26. The number of fused-ring (bicyclic) bond motifs is 1. The quantitative estimate of drug-likeness (QED) is 0.254. The number of carboxylic acids is 1. The van der Waals surface area contributed by atoms with Crippen LogP contribution >= 0.6 is 23.1 Å². The molecule has 11 nitrogen and oxygen atoms in total.